The Morgan fingerprint density at radius 1 is 0.464 bits per heavy atom. The van der Waals surface area contributed by atoms with Crippen LogP contribution < -0.4 is 0 Å². The van der Waals surface area contributed by atoms with E-state index in [1.165, 1.54) is 27.1 Å². The fourth-order valence-corrected chi connectivity index (χ4v) is 4.18. The van der Waals surface area contributed by atoms with Gasteiger partial charge >= 0.3 is 0 Å². The molecule has 5 rings (SSSR count). The van der Waals surface area contributed by atoms with Crippen LogP contribution >= 0.6 is 27.5 Å². The minimum Gasteiger partial charge on any atom is -0.0843 e. The third-order valence-corrected chi connectivity index (χ3v) is 5.86. The van der Waals surface area contributed by atoms with Crippen molar-refractivity contribution in [1.82, 2.24) is 0 Å². The van der Waals surface area contributed by atoms with Gasteiger partial charge in [-0.25, -0.2) is 0 Å². The van der Waals surface area contributed by atoms with E-state index in [0.717, 1.165) is 26.2 Å². The summed E-state index contributed by atoms with van der Waals surface area (Å²) in [6.07, 6.45) is 0. The molecule has 0 spiro atoms. The van der Waals surface area contributed by atoms with Gasteiger partial charge in [-0.05, 0) is 92.3 Å². The Labute approximate surface area is 177 Å². The molecule has 0 heterocycles. The Kier molecular flexibility index (Phi) is 4.43. The quantitative estimate of drug-likeness (QED) is 0.239. The van der Waals surface area contributed by atoms with Gasteiger partial charge in [0.15, 0.2) is 0 Å². The highest BCUT2D eigenvalue weighted by Crippen LogP contribution is 2.33. The molecule has 0 aliphatic heterocycles. The van der Waals surface area contributed by atoms with Gasteiger partial charge in [0.2, 0.25) is 0 Å². The molecule has 0 aliphatic carbocycles. The molecule has 0 aromatic heterocycles. The summed E-state index contributed by atoms with van der Waals surface area (Å²) in [5, 5.41) is 5.75. The van der Waals surface area contributed by atoms with E-state index in [9.17, 15) is 0 Å². The molecule has 134 valence electrons. The lowest BCUT2D eigenvalue weighted by Gasteiger charge is -2.10. The van der Waals surface area contributed by atoms with Gasteiger partial charge in [-0.1, -0.05) is 76.1 Å². The first-order valence-electron chi connectivity index (χ1n) is 9.15. The summed E-state index contributed by atoms with van der Waals surface area (Å²) in [5.74, 6) is 0. The van der Waals surface area contributed by atoms with Crippen molar-refractivity contribution in [2.24, 2.45) is 0 Å². The Balaban J connectivity index is 1.64. The van der Waals surface area contributed by atoms with Crippen LogP contribution in [-0.2, 0) is 0 Å². The van der Waals surface area contributed by atoms with Gasteiger partial charge in [0.25, 0.3) is 0 Å². The highest BCUT2D eigenvalue weighted by Gasteiger charge is 2.07. The lowest BCUT2D eigenvalue weighted by Crippen LogP contribution is -1.84. The first-order chi connectivity index (χ1) is 13.7. The van der Waals surface area contributed by atoms with Crippen LogP contribution in [0.2, 0.25) is 5.02 Å². The van der Waals surface area contributed by atoms with E-state index < -0.39 is 0 Å². The van der Waals surface area contributed by atoms with Gasteiger partial charge in [-0.3, -0.25) is 0 Å². The van der Waals surface area contributed by atoms with Gasteiger partial charge in [0.05, 0.1) is 0 Å². The van der Waals surface area contributed by atoms with Gasteiger partial charge in [0.1, 0.15) is 0 Å². The number of rotatable bonds is 2. The number of hydrogen-bond acceptors (Lipinski definition) is 0. The first-order valence-corrected chi connectivity index (χ1v) is 10.3. The third kappa shape index (κ3) is 3.32. The molecule has 5 aromatic carbocycles. The molecule has 0 aliphatic rings. The molecule has 0 bridgehead atoms. The van der Waals surface area contributed by atoms with Crippen molar-refractivity contribution in [3.63, 3.8) is 0 Å². The molecular weight excluding hydrogens is 428 g/mol. The van der Waals surface area contributed by atoms with Crippen LogP contribution in [0.25, 0.3) is 43.8 Å². The van der Waals surface area contributed by atoms with Crippen molar-refractivity contribution < 1.29 is 0 Å². The summed E-state index contributed by atoms with van der Waals surface area (Å²) in [7, 11) is 0. The van der Waals surface area contributed by atoms with Crippen molar-refractivity contribution in [2.75, 3.05) is 0 Å². The van der Waals surface area contributed by atoms with Crippen molar-refractivity contribution in [1.29, 1.82) is 0 Å². The third-order valence-electron chi connectivity index (χ3n) is 5.11. The van der Waals surface area contributed by atoms with Crippen LogP contribution in [0.1, 0.15) is 0 Å². The zero-order valence-corrected chi connectivity index (χ0v) is 17.3. The van der Waals surface area contributed by atoms with Crippen LogP contribution in [-0.4, -0.2) is 0 Å². The molecule has 0 amide bonds. The summed E-state index contributed by atoms with van der Waals surface area (Å²) in [6, 6.07) is 34.2. The molecule has 0 N–H and O–H groups in total. The van der Waals surface area contributed by atoms with Crippen LogP contribution in [0.5, 0.6) is 0 Å². The molecule has 28 heavy (non-hydrogen) atoms. The molecule has 2 heteroatoms. The molecule has 0 saturated heterocycles. The summed E-state index contributed by atoms with van der Waals surface area (Å²) in [5.41, 5.74) is 4.57. The Hall–Kier alpha value is -2.61. The van der Waals surface area contributed by atoms with Crippen molar-refractivity contribution in [3.8, 4) is 22.3 Å². The normalized spacial score (nSPS) is 11.2. The average molecular weight is 444 g/mol. The molecule has 0 saturated carbocycles. The smallest absolute Gasteiger partial charge is 0.0418 e. The SMILES string of the molecule is Clc1cc(-c2ccc(Br)cc2)cc(-c2ccc3cc4ccccc4cc3c2)c1. The standard InChI is InChI=1S/C26H16BrCl/c27-25-9-7-17(8-10-25)23-14-24(16-26(28)15-23)21-6-5-20-11-18-3-1-2-4-19(18)12-22(20)13-21/h1-16H. The minimum atomic E-state index is 0.744. The van der Waals surface area contributed by atoms with Gasteiger partial charge in [-0.15, -0.1) is 0 Å². The topological polar surface area (TPSA) is 0 Å². The zero-order valence-electron chi connectivity index (χ0n) is 15.0. The second-order valence-corrected chi connectivity index (χ2v) is 8.35. The van der Waals surface area contributed by atoms with Crippen molar-refractivity contribution in [2.45, 2.75) is 0 Å². The van der Waals surface area contributed by atoms with Crippen molar-refractivity contribution >= 4 is 49.1 Å². The Morgan fingerprint density at radius 2 is 1.04 bits per heavy atom. The second-order valence-electron chi connectivity index (χ2n) is 7.00. The number of hydrogen-bond donors (Lipinski definition) is 0. The van der Waals surface area contributed by atoms with E-state index in [1.807, 2.05) is 12.1 Å². The largest absolute Gasteiger partial charge is 0.0843 e. The monoisotopic (exact) mass is 442 g/mol. The lowest BCUT2D eigenvalue weighted by molar-refractivity contribution is 1.58. The fourth-order valence-electron chi connectivity index (χ4n) is 3.68. The number of halogens is 2. The maximum absolute atomic E-state index is 6.47. The molecule has 0 atom stereocenters. The van der Waals surface area contributed by atoms with Gasteiger partial charge in [0, 0.05) is 9.50 Å². The van der Waals surface area contributed by atoms with E-state index in [-0.39, 0.29) is 0 Å². The zero-order chi connectivity index (χ0) is 19.1. The predicted molar refractivity (Wildman–Crippen MR) is 125 cm³/mol. The van der Waals surface area contributed by atoms with E-state index in [4.69, 9.17) is 11.6 Å². The summed E-state index contributed by atoms with van der Waals surface area (Å²) < 4.78 is 1.07. The molecule has 0 fully saturated rings. The number of benzene rings is 5. The van der Waals surface area contributed by atoms with Crippen LogP contribution in [0.15, 0.2) is 102 Å². The Morgan fingerprint density at radius 3 is 1.75 bits per heavy atom. The summed E-state index contributed by atoms with van der Waals surface area (Å²) >= 11 is 9.97. The highest BCUT2D eigenvalue weighted by atomic mass is 79.9. The van der Waals surface area contributed by atoms with E-state index in [0.29, 0.717) is 0 Å². The van der Waals surface area contributed by atoms with E-state index in [2.05, 4.69) is 101 Å². The summed E-state index contributed by atoms with van der Waals surface area (Å²) in [4.78, 5) is 0. The fraction of sp³-hybridized carbons (Fsp3) is 0. The molecular formula is C26H16BrCl. The number of fused-ring (bicyclic) bond motifs is 2. The first kappa shape index (κ1) is 17.5. The summed E-state index contributed by atoms with van der Waals surface area (Å²) in [6.45, 7) is 0. The van der Waals surface area contributed by atoms with Gasteiger partial charge < -0.3 is 0 Å². The molecule has 0 unspecified atom stereocenters. The average Bonchev–Trinajstić information content (AvgIpc) is 2.72. The highest BCUT2D eigenvalue weighted by molar-refractivity contribution is 9.10. The maximum atomic E-state index is 6.47. The molecule has 0 nitrogen and oxygen atoms in total. The van der Waals surface area contributed by atoms with E-state index in [1.54, 1.807) is 0 Å². The van der Waals surface area contributed by atoms with Crippen molar-refractivity contribution in [3.05, 3.63) is 107 Å². The molecule has 0 radical (unpaired) electrons. The van der Waals surface area contributed by atoms with Crippen LogP contribution in [0.4, 0.5) is 0 Å². The maximum Gasteiger partial charge on any atom is 0.0418 e. The van der Waals surface area contributed by atoms with E-state index >= 15 is 0 Å². The second kappa shape index (κ2) is 7.09. The van der Waals surface area contributed by atoms with Crippen LogP contribution in [0, 0.1) is 0 Å². The lowest BCUT2D eigenvalue weighted by atomic mass is 9.96. The van der Waals surface area contributed by atoms with Crippen LogP contribution in [0.3, 0.4) is 0 Å². The van der Waals surface area contributed by atoms with Gasteiger partial charge in [-0.2, -0.15) is 0 Å². The molecule has 5 aromatic rings. The minimum absolute atomic E-state index is 0.744. The predicted octanol–water partition coefficient (Wildman–Crippen LogP) is 8.74. The Bertz CT molecular complexity index is 1320.